The third kappa shape index (κ3) is 2.71. The molecule has 0 bridgehead atoms. The Balaban J connectivity index is 1.75. The number of amides is 1. The van der Waals surface area contributed by atoms with Crippen molar-refractivity contribution in [1.29, 1.82) is 0 Å². The van der Waals surface area contributed by atoms with E-state index < -0.39 is 5.97 Å². The van der Waals surface area contributed by atoms with Crippen molar-refractivity contribution in [1.82, 2.24) is 4.90 Å². The summed E-state index contributed by atoms with van der Waals surface area (Å²) in [6, 6.07) is 0. The molecule has 1 aromatic rings. The van der Waals surface area contributed by atoms with Crippen LogP contribution in [-0.4, -0.2) is 35.0 Å². The van der Waals surface area contributed by atoms with E-state index in [2.05, 4.69) is 0 Å². The number of nitrogens with zero attached hydrogens (tertiary/aromatic N) is 1. The first-order valence-electron chi connectivity index (χ1n) is 7.69. The van der Waals surface area contributed by atoms with Crippen LogP contribution < -0.4 is 0 Å². The fourth-order valence-corrected chi connectivity index (χ4v) is 4.66. The number of aryl methyl sites for hydroxylation is 1. The van der Waals surface area contributed by atoms with Gasteiger partial charge < -0.3 is 10.0 Å². The summed E-state index contributed by atoms with van der Waals surface area (Å²) in [5.74, 6) is -0.923. The molecule has 114 valence electrons. The highest BCUT2D eigenvalue weighted by molar-refractivity contribution is 7.10. The monoisotopic (exact) mass is 307 g/mol. The zero-order chi connectivity index (χ0) is 15.0. The number of carbonyl (C=O) groups excluding carboxylic acids is 1. The molecule has 2 atom stereocenters. The number of fused-ring (bicyclic) bond motifs is 1. The normalized spacial score (nSPS) is 25.5. The summed E-state index contributed by atoms with van der Waals surface area (Å²) in [7, 11) is 0. The van der Waals surface area contributed by atoms with Gasteiger partial charge in [-0.05, 0) is 43.6 Å². The molecule has 1 amide bonds. The number of hydrogen-bond donors (Lipinski definition) is 1. The van der Waals surface area contributed by atoms with Crippen LogP contribution in [0.25, 0.3) is 0 Å². The van der Waals surface area contributed by atoms with Gasteiger partial charge in [0.1, 0.15) is 0 Å². The van der Waals surface area contributed by atoms with Crippen molar-refractivity contribution in [3.05, 3.63) is 21.4 Å². The van der Waals surface area contributed by atoms with Gasteiger partial charge in [0.05, 0.1) is 11.5 Å². The minimum absolute atomic E-state index is 0.0228. The number of hydrogen-bond acceptors (Lipinski definition) is 3. The van der Waals surface area contributed by atoms with Crippen molar-refractivity contribution in [2.45, 2.75) is 39.0 Å². The van der Waals surface area contributed by atoms with Crippen LogP contribution in [0.4, 0.5) is 0 Å². The third-order valence-electron chi connectivity index (χ3n) is 4.80. The fraction of sp³-hybridized carbons (Fsp3) is 0.625. The largest absolute Gasteiger partial charge is 0.481 e. The Labute approximate surface area is 128 Å². The quantitative estimate of drug-likeness (QED) is 0.914. The lowest BCUT2D eigenvalue weighted by atomic mass is 9.86. The second-order valence-corrected chi connectivity index (χ2v) is 7.18. The smallest absolute Gasteiger partial charge is 0.306 e. The summed E-state index contributed by atoms with van der Waals surface area (Å²) in [5.41, 5.74) is 2.12. The minimum Gasteiger partial charge on any atom is -0.481 e. The highest BCUT2D eigenvalue weighted by Gasteiger charge is 2.34. The molecule has 3 rings (SSSR count). The van der Waals surface area contributed by atoms with Gasteiger partial charge in [-0.1, -0.05) is 6.92 Å². The predicted octanol–water partition coefficient (Wildman–Crippen LogP) is 2.81. The SMILES string of the molecule is CC1CN(C(=O)c2csc3c2CCCC3)CCC1C(=O)O. The Hall–Kier alpha value is -1.36. The molecule has 0 spiro atoms. The zero-order valence-electron chi connectivity index (χ0n) is 12.3. The Kier molecular flexibility index (Phi) is 4.02. The van der Waals surface area contributed by atoms with Crippen molar-refractivity contribution >= 4 is 23.2 Å². The predicted molar refractivity (Wildman–Crippen MR) is 81.8 cm³/mol. The molecule has 0 radical (unpaired) electrons. The Morgan fingerprint density at radius 1 is 1.33 bits per heavy atom. The molecule has 1 aromatic heterocycles. The molecule has 2 aliphatic rings. The Morgan fingerprint density at radius 2 is 2.10 bits per heavy atom. The highest BCUT2D eigenvalue weighted by atomic mass is 32.1. The zero-order valence-corrected chi connectivity index (χ0v) is 13.1. The van der Waals surface area contributed by atoms with E-state index in [1.807, 2.05) is 17.2 Å². The van der Waals surface area contributed by atoms with Gasteiger partial charge in [-0.3, -0.25) is 9.59 Å². The molecule has 5 heteroatoms. The van der Waals surface area contributed by atoms with Gasteiger partial charge >= 0.3 is 5.97 Å². The van der Waals surface area contributed by atoms with Crippen LogP contribution in [0.1, 0.15) is 47.0 Å². The standard InChI is InChI=1S/C16H21NO3S/c1-10-8-17(7-6-11(10)16(19)20)15(18)13-9-21-14-5-3-2-4-12(13)14/h9-11H,2-8H2,1H3,(H,19,20). The number of rotatable bonds is 2. The van der Waals surface area contributed by atoms with E-state index in [0.29, 0.717) is 19.5 Å². The molecule has 2 unspecified atom stereocenters. The van der Waals surface area contributed by atoms with E-state index in [9.17, 15) is 14.7 Å². The molecule has 1 aliphatic carbocycles. The van der Waals surface area contributed by atoms with Crippen LogP contribution in [0.5, 0.6) is 0 Å². The van der Waals surface area contributed by atoms with Crippen LogP contribution in [0, 0.1) is 11.8 Å². The molecule has 1 fully saturated rings. The van der Waals surface area contributed by atoms with Gasteiger partial charge in [0, 0.05) is 23.3 Å². The van der Waals surface area contributed by atoms with Gasteiger partial charge in [-0.25, -0.2) is 0 Å². The maximum Gasteiger partial charge on any atom is 0.306 e. The van der Waals surface area contributed by atoms with Gasteiger partial charge in [-0.15, -0.1) is 11.3 Å². The lowest BCUT2D eigenvalue weighted by Gasteiger charge is -2.35. The summed E-state index contributed by atoms with van der Waals surface area (Å²) in [4.78, 5) is 27.1. The fourth-order valence-electron chi connectivity index (χ4n) is 3.54. The summed E-state index contributed by atoms with van der Waals surface area (Å²) >= 11 is 1.71. The van der Waals surface area contributed by atoms with Gasteiger partial charge in [0.15, 0.2) is 0 Å². The summed E-state index contributed by atoms with van der Waals surface area (Å²) in [6.07, 6.45) is 5.07. The van der Waals surface area contributed by atoms with E-state index in [0.717, 1.165) is 18.4 Å². The van der Waals surface area contributed by atoms with Crippen molar-refractivity contribution in [3.8, 4) is 0 Å². The maximum atomic E-state index is 12.7. The average molecular weight is 307 g/mol. The molecule has 1 aliphatic heterocycles. The topological polar surface area (TPSA) is 57.6 Å². The number of aliphatic carboxylic acids is 1. The first kappa shape index (κ1) is 14.6. The summed E-state index contributed by atoms with van der Waals surface area (Å²) in [6.45, 7) is 3.05. The Morgan fingerprint density at radius 3 is 2.81 bits per heavy atom. The van der Waals surface area contributed by atoms with Crippen LogP contribution in [0.15, 0.2) is 5.38 Å². The maximum absolute atomic E-state index is 12.7. The van der Waals surface area contributed by atoms with Gasteiger partial charge in [-0.2, -0.15) is 0 Å². The molecule has 1 N–H and O–H groups in total. The number of thiophene rings is 1. The average Bonchev–Trinajstić information content (AvgIpc) is 2.90. The van der Waals surface area contributed by atoms with E-state index in [1.54, 1.807) is 11.3 Å². The van der Waals surface area contributed by atoms with Crippen LogP contribution in [-0.2, 0) is 17.6 Å². The summed E-state index contributed by atoms with van der Waals surface area (Å²) < 4.78 is 0. The molecule has 0 saturated carbocycles. The molecular formula is C16H21NO3S. The lowest BCUT2D eigenvalue weighted by molar-refractivity contribution is -0.145. The first-order chi connectivity index (χ1) is 10.1. The number of carbonyl (C=O) groups is 2. The van der Waals surface area contributed by atoms with Crippen molar-refractivity contribution < 1.29 is 14.7 Å². The second kappa shape index (κ2) is 5.79. The highest BCUT2D eigenvalue weighted by Crippen LogP contribution is 2.32. The van der Waals surface area contributed by atoms with E-state index in [4.69, 9.17) is 0 Å². The van der Waals surface area contributed by atoms with Crippen LogP contribution in [0.2, 0.25) is 0 Å². The number of likely N-dealkylation sites (tertiary alicyclic amines) is 1. The molecule has 2 heterocycles. The van der Waals surface area contributed by atoms with E-state index in [1.165, 1.54) is 23.3 Å². The number of carboxylic acid groups (broad SMARTS) is 1. The molecule has 0 aromatic carbocycles. The Bertz CT molecular complexity index is 566. The molecule has 1 saturated heterocycles. The first-order valence-corrected chi connectivity index (χ1v) is 8.57. The van der Waals surface area contributed by atoms with Crippen molar-refractivity contribution in [2.75, 3.05) is 13.1 Å². The van der Waals surface area contributed by atoms with Gasteiger partial charge in [0.25, 0.3) is 5.91 Å². The number of piperidine rings is 1. The second-order valence-electron chi connectivity index (χ2n) is 6.22. The lowest BCUT2D eigenvalue weighted by Crippen LogP contribution is -2.45. The van der Waals surface area contributed by atoms with Crippen LogP contribution >= 0.6 is 11.3 Å². The molecule has 4 nitrogen and oxygen atoms in total. The van der Waals surface area contributed by atoms with Gasteiger partial charge in [0.2, 0.25) is 0 Å². The summed E-state index contributed by atoms with van der Waals surface area (Å²) in [5, 5.41) is 11.2. The van der Waals surface area contributed by atoms with Crippen LogP contribution in [0.3, 0.4) is 0 Å². The third-order valence-corrected chi connectivity index (χ3v) is 5.89. The van der Waals surface area contributed by atoms with Crippen molar-refractivity contribution in [3.63, 3.8) is 0 Å². The minimum atomic E-state index is -0.734. The number of carboxylic acids is 1. The van der Waals surface area contributed by atoms with E-state index in [-0.39, 0.29) is 17.7 Å². The molecular weight excluding hydrogens is 286 g/mol. The molecule has 21 heavy (non-hydrogen) atoms. The van der Waals surface area contributed by atoms with Crippen molar-refractivity contribution in [2.24, 2.45) is 11.8 Å². The van der Waals surface area contributed by atoms with E-state index >= 15 is 0 Å².